The van der Waals surface area contributed by atoms with Gasteiger partial charge in [0.15, 0.2) is 0 Å². The van der Waals surface area contributed by atoms with Gasteiger partial charge in [-0.05, 0) is 35.6 Å². The minimum atomic E-state index is -2.78. The standard InChI is InChI=1S/C16H19F2NOS/c1-2-4-14(15-5-3-10-21-15)19-11-12-6-8-13(9-7-12)20-16(17)18/h3,5-10,14,16,19H,2,4,11H2,1H3. The van der Waals surface area contributed by atoms with Gasteiger partial charge >= 0.3 is 6.61 Å². The summed E-state index contributed by atoms with van der Waals surface area (Å²) in [5.41, 5.74) is 1.05. The average Bonchev–Trinajstić information content (AvgIpc) is 2.98. The van der Waals surface area contributed by atoms with Gasteiger partial charge < -0.3 is 10.1 Å². The van der Waals surface area contributed by atoms with Gasteiger partial charge in [-0.25, -0.2) is 0 Å². The predicted molar refractivity (Wildman–Crippen MR) is 81.9 cm³/mol. The number of thiophene rings is 1. The zero-order valence-corrected chi connectivity index (χ0v) is 12.7. The average molecular weight is 311 g/mol. The first-order valence-corrected chi connectivity index (χ1v) is 7.87. The van der Waals surface area contributed by atoms with Crippen LogP contribution in [0, 0.1) is 0 Å². The van der Waals surface area contributed by atoms with Crippen molar-refractivity contribution in [3.05, 3.63) is 52.2 Å². The maximum Gasteiger partial charge on any atom is 0.387 e. The van der Waals surface area contributed by atoms with E-state index in [1.807, 2.05) is 12.1 Å². The van der Waals surface area contributed by atoms with Gasteiger partial charge in [0, 0.05) is 17.5 Å². The molecule has 0 aliphatic rings. The number of rotatable bonds is 8. The van der Waals surface area contributed by atoms with Gasteiger partial charge in [-0.3, -0.25) is 0 Å². The third kappa shape index (κ3) is 5.10. The quantitative estimate of drug-likeness (QED) is 0.742. The van der Waals surface area contributed by atoms with Gasteiger partial charge in [0.2, 0.25) is 0 Å². The molecule has 0 radical (unpaired) electrons. The summed E-state index contributed by atoms with van der Waals surface area (Å²) in [7, 11) is 0. The molecule has 1 N–H and O–H groups in total. The molecule has 114 valence electrons. The smallest absolute Gasteiger partial charge is 0.387 e. The van der Waals surface area contributed by atoms with Crippen LogP contribution in [-0.2, 0) is 6.54 Å². The van der Waals surface area contributed by atoms with Gasteiger partial charge in [-0.1, -0.05) is 31.5 Å². The summed E-state index contributed by atoms with van der Waals surface area (Å²) in [6, 6.07) is 11.3. The fraction of sp³-hybridized carbons (Fsp3) is 0.375. The third-order valence-electron chi connectivity index (χ3n) is 3.17. The first kappa shape index (κ1) is 15.9. The summed E-state index contributed by atoms with van der Waals surface area (Å²) in [6.45, 7) is 0.0951. The first-order chi connectivity index (χ1) is 10.2. The largest absolute Gasteiger partial charge is 0.435 e. The number of halogens is 2. The Kier molecular flexibility index (Phi) is 6.14. The topological polar surface area (TPSA) is 21.3 Å². The SMILES string of the molecule is CCCC(NCc1ccc(OC(F)F)cc1)c1cccs1. The first-order valence-electron chi connectivity index (χ1n) is 6.99. The van der Waals surface area contributed by atoms with Gasteiger partial charge in [0.1, 0.15) is 5.75 Å². The van der Waals surface area contributed by atoms with Crippen LogP contribution in [0.15, 0.2) is 41.8 Å². The molecule has 0 saturated carbocycles. The van der Waals surface area contributed by atoms with Crippen molar-refractivity contribution >= 4 is 11.3 Å². The molecule has 0 fully saturated rings. The molecular weight excluding hydrogens is 292 g/mol. The van der Waals surface area contributed by atoms with E-state index < -0.39 is 6.61 Å². The van der Waals surface area contributed by atoms with E-state index in [0.717, 1.165) is 18.4 Å². The molecule has 2 nitrogen and oxygen atoms in total. The van der Waals surface area contributed by atoms with E-state index in [-0.39, 0.29) is 5.75 Å². The molecular formula is C16H19F2NOS. The predicted octanol–water partition coefficient (Wildman–Crippen LogP) is 4.98. The van der Waals surface area contributed by atoms with Crippen molar-refractivity contribution in [1.82, 2.24) is 5.32 Å². The van der Waals surface area contributed by atoms with Gasteiger partial charge in [-0.15, -0.1) is 11.3 Å². The van der Waals surface area contributed by atoms with Crippen LogP contribution in [0.3, 0.4) is 0 Å². The summed E-state index contributed by atoms with van der Waals surface area (Å²) in [5.74, 6) is 0.192. The molecule has 0 amide bonds. The lowest BCUT2D eigenvalue weighted by Gasteiger charge is -2.17. The van der Waals surface area contributed by atoms with Crippen molar-refractivity contribution in [3.8, 4) is 5.75 Å². The molecule has 0 bridgehead atoms. The molecule has 5 heteroatoms. The van der Waals surface area contributed by atoms with Crippen LogP contribution >= 0.6 is 11.3 Å². The van der Waals surface area contributed by atoms with Crippen LogP contribution in [0.25, 0.3) is 0 Å². The maximum atomic E-state index is 12.1. The fourth-order valence-electron chi connectivity index (χ4n) is 2.15. The summed E-state index contributed by atoms with van der Waals surface area (Å²) in [5, 5.41) is 5.60. The number of alkyl halides is 2. The molecule has 21 heavy (non-hydrogen) atoms. The number of hydrogen-bond acceptors (Lipinski definition) is 3. The van der Waals surface area contributed by atoms with Gasteiger partial charge in [-0.2, -0.15) is 8.78 Å². The Labute approximate surface area is 127 Å². The van der Waals surface area contributed by atoms with Crippen LogP contribution < -0.4 is 10.1 Å². The summed E-state index contributed by atoms with van der Waals surface area (Å²) >= 11 is 1.75. The molecule has 2 rings (SSSR count). The second-order valence-corrected chi connectivity index (χ2v) is 5.74. The molecule has 0 aliphatic heterocycles. The monoisotopic (exact) mass is 311 g/mol. The molecule has 1 aromatic heterocycles. The molecule has 1 unspecified atom stereocenters. The highest BCUT2D eigenvalue weighted by Crippen LogP contribution is 2.24. The van der Waals surface area contributed by atoms with Crippen LogP contribution in [0.4, 0.5) is 8.78 Å². The van der Waals surface area contributed by atoms with Crippen LogP contribution in [-0.4, -0.2) is 6.61 Å². The van der Waals surface area contributed by atoms with Crippen molar-refractivity contribution in [2.45, 2.75) is 39.0 Å². The molecule has 1 atom stereocenters. The molecule has 0 aliphatic carbocycles. The fourth-order valence-corrected chi connectivity index (χ4v) is 2.99. The molecule has 1 heterocycles. The van der Waals surface area contributed by atoms with Crippen molar-refractivity contribution in [3.63, 3.8) is 0 Å². The highest BCUT2D eigenvalue weighted by atomic mass is 32.1. The Morgan fingerprint density at radius 3 is 2.52 bits per heavy atom. The van der Waals surface area contributed by atoms with E-state index in [0.29, 0.717) is 12.6 Å². The Morgan fingerprint density at radius 2 is 1.95 bits per heavy atom. The summed E-state index contributed by atoms with van der Waals surface area (Å²) in [4.78, 5) is 1.33. The van der Waals surface area contributed by atoms with E-state index in [2.05, 4.69) is 34.5 Å². The normalized spacial score (nSPS) is 12.6. The molecule has 1 aromatic carbocycles. The van der Waals surface area contributed by atoms with Gasteiger partial charge in [0.05, 0.1) is 0 Å². The van der Waals surface area contributed by atoms with E-state index in [1.165, 1.54) is 4.88 Å². The highest BCUT2D eigenvalue weighted by Gasteiger charge is 2.11. The number of hydrogen-bond donors (Lipinski definition) is 1. The third-order valence-corrected chi connectivity index (χ3v) is 4.15. The van der Waals surface area contributed by atoms with Crippen LogP contribution in [0.2, 0.25) is 0 Å². The van der Waals surface area contributed by atoms with Crippen molar-refractivity contribution in [2.75, 3.05) is 0 Å². The van der Waals surface area contributed by atoms with Crippen molar-refractivity contribution < 1.29 is 13.5 Å². The van der Waals surface area contributed by atoms with E-state index in [9.17, 15) is 8.78 Å². The summed E-state index contributed by atoms with van der Waals surface area (Å²) in [6.07, 6.45) is 2.18. The second-order valence-electron chi connectivity index (χ2n) is 4.76. The molecule has 2 aromatic rings. The van der Waals surface area contributed by atoms with Crippen molar-refractivity contribution in [1.29, 1.82) is 0 Å². The number of ether oxygens (including phenoxy) is 1. The Bertz CT molecular complexity index is 514. The molecule has 0 spiro atoms. The Hall–Kier alpha value is -1.46. The van der Waals surface area contributed by atoms with E-state index >= 15 is 0 Å². The zero-order valence-electron chi connectivity index (χ0n) is 11.9. The van der Waals surface area contributed by atoms with Crippen molar-refractivity contribution in [2.24, 2.45) is 0 Å². The lowest BCUT2D eigenvalue weighted by atomic mass is 10.1. The maximum absolute atomic E-state index is 12.1. The lowest BCUT2D eigenvalue weighted by molar-refractivity contribution is -0.0498. The van der Waals surface area contributed by atoms with E-state index in [4.69, 9.17) is 0 Å². The highest BCUT2D eigenvalue weighted by molar-refractivity contribution is 7.10. The number of nitrogens with one attached hydrogen (secondary N) is 1. The second kappa shape index (κ2) is 8.10. The minimum Gasteiger partial charge on any atom is -0.435 e. The minimum absolute atomic E-state index is 0.192. The lowest BCUT2D eigenvalue weighted by Crippen LogP contribution is -2.19. The van der Waals surface area contributed by atoms with E-state index in [1.54, 1.807) is 23.5 Å². The van der Waals surface area contributed by atoms with Crippen LogP contribution in [0.1, 0.15) is 36.2 Å². The molecule has 0 saturated heterocycles. The number of benzene rings is 1. The van der Waals surface area contributed by atoms with Gasteiger partial charge in [0.25, 0.3) is 0 Å². The zero-order chi connectivity index (χ0) is 15.1. The summed E-state index contributed by atoms with van der Waals surface area (Å²) < 4.78 is 28.5. The Morgan fingerprint density at radius 1 is 1.19 bits per heavy atom. The Balaban J connectivity index is 1.91. The van der Waals surface area contributed by atoms with Crippen LogP contribution in [0.5, 0.6) is 5.75 Å².